The highest BCUT2D eigenvalue weighted by Gasteiger charge is 2.16. The molecular weight excluding hydrogens is 341 g/mol. The van der Waals surface area contributed by atoms with Crippen LogP contribution in [0, 0.1) is 0 Å². The quantitative estimate of drug-likeness (QED) is 0.462. The SMILES string of the molecule is Clc1cc(Cl)cc(-c2nc(-c3ccc[nH]3)[nH]c2-c2ccccc2)c1. The van der Waals surface area contributed by atoms with E-state index in [1.165, 1.54) is 0 Å². The molecule has 0 radical (unpaired) electrons. The summed E-state index contributed by atoms with van der Waals surface area (Å²) in [5.41, 5.74) is 4.59. The Balaban J connectivity index is 1.94. The molecule has 118 valence electrons. The van der Waals surface area contributed by atoms with Crippen LogP contribution in [-0.4, -0.2) is 15.0 Å². The average Bonchev–Trinajstić information content (AvgIpc) is 3.24. The van der Waals surface area contributed by atoms with Gasteiger partial charge in [0, 0.05) is 27.4 Å². The number of aromatic nitrogens is 3. The van der Waals surface area contributed by atoms with Gasteiger partial charge in [-0.2, -0.15) is 0 Å². The summed E-state index contributed by atoms with van der Waals surface area (Å²) in [5, 5.41) is 1.17. The van der Waals surface area contributed by atoms with Crippen molar-refractivity contribution in [3.8, 4) is 34.0 Å². The highest BCUT2D eigenvalue weighted by atomic mass is 35.5. The summed E-state index contributed by atoms with van der Waals surface area (Å²) in [4.78, 5) is 11.4. The van der Waals surface area contributed by atoms with Crippen molar-refractivity contribution in [2.75, 3.05) is 0 Å². The maximum absolute atomic E-state index is 6.18. The lowest BCUT2D eigenvalue weighted by molar-refractivity contribution is 1.26. The molecule has 0 saturated heterocycles. The Kier molecular flexibility index (Phi) is 3.89. The van der Waals surface area contributed by atoms with Crippen molar-refractivity contribution in [2.24, 2.45) is 0 Å². The van der Waals surface area contributed by atoms with Crippen LogP contribution in [0.25, 0.3) is 34.0 Å². The van der Waals surface area contributed by atoms with Crippen LogP contribution < -0.4 is 0 Å². The minimum Gasteiger partial charge on any atom is -0.359 e. The Morgan fingerprint density at radius 3 is 2.21 bits per heavy atom. The molecule has 0 bridgehead atoms. The zero-order valence-corrected chi connectivity index (χ0v) is 14.1. The fourth-order valence-corrected chi connectivity index (χ4v) is 3.22. The van der Waals surface area contributed by atoms with Gasteiger partial charge in [-0.1, -0.05) is 53.5 Å². The van der Waals surface area contributed by atoms with Gasteiger partial charge in [-0.15, -0.1) is 0 Å². The molecule has 2 heterocycles. The molecule has 4 aromatic rings. The molecule has 2 aromatic heterocycles. The van der Waals surface area contributed by atoms with Crippen molar-refractivity contribution >= 4 is 23.2 Å². The molecule has 2 N–H and O–H groups in total. The van der Waals surface area contributed by atoms with Crippen LogP contribution in [0.4, 0.5) is 0 Å². The maximum Gasteiger partial charge on any atom is 0.155 e. The van der Waals surface area contributed by atoms with E-state index in [2.05, 4.69) is 9.97 Å². The monoisotopic (exact) mass is 353 g/mol. The molecule has 3 nitrogen and oxygen atoms in total. The summed E-state index contributed by atoms with van der Waals surface area (Å²) in [6.07, 6.45) is 1.87. The fourth-order valence-electron chi connectivity index (χ4n) is 2.69. The summed E-state index contributed by atoms with van der Waals surface area (Å²) in [5.74, 6) is 0.768. The fraction of sp³-hybridized carbons (Fsp3) is 0. The first kappa shape index (κ1) is 15.1. The highest BCUT2D eigenvalue weighted by molar-refractivity contribution is 6.35. The minimum atomic E-state index is 0.584. The Bertz CT molecular complexity index is 953. The van der Waals surface area contributed by atoms with Gasteiger partial charge in [0.05, 0.1) is 17.1 Å². The maximum atomic E-state index is 6.18. The number of aromatic amines is 2. The summed E-state index contributed by atoms with van der Waals surface area (Å²) >= 11 is 12.4. The molecule has 24 heavy (non-hydrogen) atoms. The summed E-state index contributed by atoms with van der Waals surface area (Å²) in [6.45, 7) is 0. The van der Waals surface area contributed by atoms with E-state index in [0.717, 1.165) is 34.0 Å². The third kappa shape index (κ3) is 2.84. The molecule has 0 spiro atoms. The molecule has 2 aromatic carbocycles. The lowest BCUT2D eigenvalue weighted by Crippen LogP contribution is -1.84. The Labute approximate surface area is 149 Å². The molecule has 0 fully saturated rings. The van der Waals surface area contributed by atoms with E-state index in [0.29, 0.717) is 10.0 Å². The second-order valence-electron chi connectivity index (χ2n) is 5.42. The van der Waals surface area contributed by atoms with Crippen LogP contribution in [0.5, 0.6) is 0 Å². The number of benzene rings is 2. The van der Waals surface area contributed by atoms with Crippen molar-refractivity contribution in [2.45, 2.75) is 0 Å². The molecule has 0 atom stereocenters. The van der Waals surface area contributed by atoms with Crippen molar-refractivity contribution in [1.29, 1.82) is 0 Å². The lowest BCUT2D eigenvalue weighted by Gasteiger charge is -2.04. The number of hydrogen-bond acceptors (Lipinski definition) is 1. The van der Waals surface area contributed by atoms with E-state index in [1.54, 1.807) is 6.07 Å². The van der Waals surface area contributed by atoms with Gasteiger partial charge in [0.15, 0.2) is 5.82 Å². The first-order valence-electron chi connectivity index (χ1n) is 7.46. The van der Waals surface area contributed by atoms with E-state index in [9.17, 15) is 0 Å². The van der Waals surface area contributed by atoms with E-state index < -0.39 is 0 Å². The smallest absolute Gasteiger partial charge is 0.155 e. The third-order valence-electron chi connectivity index (χ3n) is 3.76. The van der Waals surface area contributed by atoms with E-state index in [1.807, 2.05) is 60.8 Å². The molecular formula is C19H13Cl2N3. The van der Waals surface area contributed by atoms with Crippen LogP contribution in [0.1, 0.15) is 0 Å². The largest absolute Gasteiger partial charge is 0.359 e. The molecule has 0 amide bonds. The van der Waals surface area contributed by atoms with E-state index >= 15 is 0 Å². The molecule has 5 heteroatoms. The highest BCUT2D eigenvalue weighted by Crippen LogP contribution is 2.35. The molecule has 0 aliphatic heterocycles. The van der Waals surface area contributed by atoms with Gasteiger partial charge in [-0.05, 0) is 30.3 Å². The van der Waals surface area contributed by atoms with Crippen molar-refractivity contribution < 1.29 is 0 Å². The second kappa shape index (κ2) is 6.19. The first-order chi connectivity index (χ1) is 11.7. The molecule has 4 rings (SSSR count). The van der Waals surface area contributed by atoms with Crippen molar-refractivity contribution in [3.63, 3.8) is 0 Å². The first-order valence-corrected chi connectivity index (χ1v) is 8.22. The summed E-state index contributed by atoms with van der Waals surface area (Å²) in [6, 6.07) is 19.4. The number of H-pyrrole nitrogens is 2. The Morgan fingerprint density at radius 1 is 0.792 bits per heavy atom. The topological polar surface area (TPSA) is 44.5 Å². The zero-order chi connectivity index (χ0) is 16.5. The van der Waals surface area contributed by atoms with Gasteiger partial charge in [0.2, 0.25) is 0 Å². The normalized spacial score (nSPS) is 10.9. The lowest BCUT2D eigenvalue weighted by atomic mass is 10.1. The van der Waals surface area contributed by atoms with Gasteiger partial charge in [0.25, 0.3) is 0 Å². The van der Waals surface area contributed by atoms with Gasteiger partial charge in [0.1, 0.15) is 0 Å². The predicted molar refractivity (Wildman–Crippen MR) is 99.3 cm³/mol. The van der Waals surface area contributed by atoms with E-state index in [-0.39, 0.29) is 0 Å². The minimum absolute atomic E-state index is 0.584. The molecule has 0 aliphatic carbocycles. The standard InChI is InChI=1S/C19H13Cl2N3/c20-14-9-13(10-15(21)11-14)18-17(12-5-2-1-3-6-12)23-19(24-18)16-7-4-8-22-16/h1-11,22H,(H,23,24). The number of hydrogen-bond donors (Lipinski definition) is 2. The summed E-state index contributed by atoms with van der Waals surface area (Å²) in [7, 11) is 0. The van der Waals surface area contributed by atoms with Crippen LogP contribution in [0.2, 0.25) is 10.0 Å². The molecule has 0 aliphatic rings. The van der Waals surface area contributed by atoms with Gasteiger partial charge < -0.3 is 9.97 Å². The third-order valence-corrected chi connectivity index (χ3v) is 4.19. The Morgan fingerprint density at radius 2 is 1.54 bits per heavy atom. The van der Waals surface area contributed by atoms with Crippen LogP contribution >= 0.6 is 23.2 Å². The predicted octanol–water partition coefficient (Wildman–Crippen LogP) is 6.05. The van der Waals surface area contributed by atoms with Crippen LogP contribution in [-0.2, 0) is 0 Å². The van der Waals surface area contributed by atoms with E-state index in [4.69, 9.17) is 28.2 Å². The number of rotatable bonds is 3. The van der Waals surface area contributed by atoms with Gasteiger partial charge in [-0.3, -0.25) is 0 Å². The molecule has 0 saturated carbocycles. The average molecular weight is 354 g/mol. The van der Waals surface area contributed by atoms with Gasteiger partial charge in [-0.25, -0.2) is 4.98 Å². The zero-order valence-electron chi connectivity index (χ0n) is 12.6. The van der Waals surface area contributed by atoms with Crippen LogP contribution in [0.15, 0.2) is 66.9 Å². The number of halogens is 2. The number of nitrogens with one attached hydrogen (secondary N) is 2. The van der Waals surface area contributed by atoms with Crippen molar-refractivity contribution in [3.05, 3.63) is 76.9 Å². The van der Waals surface area contributed by atoms with Crippen molar-refractivity contribution in [1.82, 2.24) is 15.0 Å². The molecule has 0 unspecified atom stereocenters. The number of nitrogens with zero attached hydrogens (tertiary/aromatic N) is 1. The second-order valence-corrected chi connectivity index (χ2v) is 6.29. The van der Waals surface area contributed by atoms with Gasteiger partial charge >= 0.3 is 0 Å². The number of imidazole rings is 1. The van der Waals surface area contributed by atoms with Crippen LogP contribution in [0.3, 0.4) is 0 Å². The summed E-state index contributed by atoms with van der Waals surface area (Å²) < 4.78 is 0. The Hall–Kier alpha value is -2.49.